The molecule has 2 rings (SSSR count). The highest BCUT2D eigenvalue weighted by molar-refractivity contribution is 5.49. The largest absolute Gasteiger partial charge is 0.493 e. The zero-order valence-corrected chi connectivity index (χ0v) is 10.3. The normalized spacial score (nSPS) is 20.1. The van der Waals surface area contributed by atoms with Gasteiger partial charge < -0.3 is 14.8 Å². The fourth-order valence-corrected chi connectivity index (χ4v) is 2.38. The summed E-state index contributed by atoms with van der Waals surface area (Å²) in [6.45, 7) is 1.90. The maximum absolute atomic E-state index is 13.5. The molecule has 1 atom stereocenters. The van der Waals surface area contributed by atoms with Crippen LogP contribution < -0.4 is 14.8 Å². The van der Waals surface area contributed by atoms with Crippen LogP contribution >= 0.6 is 0 Å². The van der Waals surface area contributed by atoms with Gasteiger partial charge in [-0.1, -0.05) is 0 Å². The van der Waals surface area contributed by atoms with Crippen LogP contribution in [0.4, 0.5) is 4.39 Å². The Kier molecular flexibility index (Phi) is 3.84. The Morgan fingerprint density at radius 1 is 1.29 bits per heavy atom. The molecule has 0 spiro atoms. The van der Waals surface area contributed by atoms with E-state index < -0.39 is 0 Å². The number of hydrogen-bond acceptors (Lipinski definition) is 3. The van der Waals surface area contributed by atoms with E-state index in [1.807, 2.05) is 0 Å². The van der Waals surface area contributed by atoms with E-state index in [2.05, 4.69) is 5.32 Å². The molecule has 1 aliphatic heterocycles. The zero-order valence-electron chi connectivity index (χ0n) is 10.3. The highest BCUT2D eigenvalue weighted by atomic mass is 19.1. The van der Waals surface area contributed by atoms with Crippen molar-refractivity contribution in [1.29, 1.82) is 0 Å². The van der Waals surface area contributed by atoms with Gasteiger partial charge in [0.1, 0.15) is 5.82 Å². The number of rotatable bonds is 3. The Hall–Kier alpha value is -1.29. The van der Waals surface area contributed by atoms with E-state index in [-0.39, 0.29) is 5.82 Å². The predicted octanol–water partition coefficient (Wildman–Crippen LogP) is 2.31. The topological polar surface area (TPSA) is 30.5 Å². The second-order valence-electron chi connectivity index (χ2n) is 4.27. The molecule has 0 aliphatic carbocycles. The molecule has 94 valence electrons. The standard InChI is InChI=1S/C13H18FNO2/c1-16-12-7-10(14)6-11(13(12)17-2)9-4-3-5-15-8-9/h6-7,9,15H,3-5,8H2,1-2H3. The molecule has 0 saturated carbocycles. The Labute approximate surface area is 101 Å². The van der Waals surface area contributed by atoms with E-state index in [9.17, 15) is 4.39 Å². The van der Waals surface area contributed by atoms with Gasteiger partial charge in [-0.15, -0.1) is 0 Å². The molecule has 3 nitrogen and oxygen atoms in total. The van der Waals surface area contributed by atoms with E-state index in [0.717, 1.165) is 31.5 Å². The minimum Gasteiger partial charge on any atom is -0.493 e. The summed E-state index contributed by atoms with van der Waals surface area (Å²) in [7, 11) is 3.12. The SMILES string of the molecule is COc1cc(F)cc(C2CCCNC2)c1OC. The average Bonchev–Trinajstić information content (AvgIpc) is 2.38. The number of nitrogens with one attached hydrogen (secondary N) is 1. The van der Waals surface area contributed by atoms with Crippen molar-refractivity contribution in [3.8, 4) is 11.5 Å². The van der Waals surface area contributed by atoms with Gasteiger partial charge in [0, 0.05) is 24.1 Å². The molecule has 1 aliphatic rings. The number of halogens is 1. The van der Waals surface area contributed by atoms with Crippen molar-refractivity contribution in [2.24, 2.45) is 0 Å². The monoisotopic (exact) mass is 239 g/mol. The lowest BCUT2D eigenvalue weighted by Gasteiger charge is -2.25. The van der Waals surface area contributed by atoms with Crippen LogP contribution in [0.1, 0.15) is 24.3 Å². The lowest BCUT2D eigenvalue weighted by molar-refractivity contribution is 0.342. The Bertz CT molecular complexity index is 389. The molecule has 0 amide bonds. The van der Waals surface area contributed by atoms with E-state index in [1.165, 1.54) is 13.2 Å². The minimum atomic E-state index is -0.275. The molecule has 1 saturated heterocycles. The van der Waals surface area contributed by atoms with Gasteiger partial charge in [0.15, 0.2) is 11.5 Å². The number of benzene rings is 1. The molecule has 0 aromatic heterocycles. The third-order valence-electron chi connectivity index (χ3n) is 3.21. The van der Waals surface area contributed by atoms with Gasteiger partial charge >= 0.3 is 0 Å². The van der Waals surface area contributed by atoms with Crippen LogP contribution in [0.25, 0.3) is 0 Å². The molecule has 1 aromatic rings. The van der Waals surface area contributed by atoms with Crippen LogP contribution in [0.15, 0.2) is 12.1 Å². The third kappa shape index (κ3) is 2.52. The summed E-state index contributed by atoms with van der Waals surface area (Å²) in [6.07, 6.45) is 2.16. The Morgan fingerprint density at radius 2 is 2.12 bits per heavy atom. The highest BCUT2D eigenvalue weighted by Crippen LogP contribution is 2.38. The fourth-order valence-electron chi connectivity index (χ4n) is 2.38. The van der Waals surface area contributed by atoms with Gasteiger partial charge in [0.2, 0.25) is 0 Å². The third-order valence-corrected chi connectivity index (χ3v) is 3.21. The number of methoxy groups -OCH3 is 2. The molecule has 1 fully saturated rings. The maximum atomic E-state index is 13.5. The molecule has 0 bridgehead atoms. The van der Waals surface area contributed by atoms with Gasteiger partial charge in [-0.25, -0.2) is 4.39 Å². The van der Waals surface area contributed by atoms with Crippen LogP contribution in [0.3, 0.4) is 0 Å². The summed E-state index contributed by atoms with van der Waals surface area (Å²) >= 11 is 0. The lowest BCUT2D eigenvalue weighted by Crippen LogP contribution is -2.28. The van der Waals surface area contributed by atoms with Gasteiger partial charge in [0.05, 0.1) is 14.2 Å². The number of piperidine rings is 1. The molecular formula is C13H18FNO2. The molecule has 4 heteroatoms. The smallest absolute Gasteiger partial charge is 0.164 e. The highest BCUT2D eigenvalue weighted by Gasteiger charge is 2.22. The van der Waals surface area contributed by atoms with E-state index in [1.54, 1.807) is 13.2 Å². The summed E-state index contributed by atoms with van der Waals surface area (Å²) in [4.78, 5) is 0. The van der Waals surface area contributed by atoms with Crippen molar-refractivity contribution < 1.29 is 13.9 Å². The molecule has 17 heavy (non-hydrogen) atoms. The first kappa shape index (κ1) is 12.2. The fraction of sp³-hybridized carbons (Fsp3) is 0.538. The van der Waals surface area contributed by atoms with Crippen molar-refractivity contribution in [1.82, 2.24) is 5.32 Å². The molecular weight excluding hydrogens is 221 g/mol. The molecule has 1 heterocycles. The van der Waals surface area contributed by atoms with Crippen molar-refractivity contribution in [2.75, 3.05) is 27.3 Å². The lowest BCUT2D eigenvalue weighted by atomic mass is 9.90. The van der Waals surface area contributed by atoms with Gasteiger partial charge in [-0.05, 0) is 25.5 Å². The first-order chi connectivity index (χ1) is 8.26. The van der Waals surface area contributed by atoms with Gasteiger partial charge in [0.25, 0.3) is 0 Å². The molecule has 1 N–H and O–H groups in total. The quantitative estimate of drug-likeness (QED) is 0.878. The van der Waals surface area contributed by atoms with Crippen molar-refractivity contribution >= 4 is 0 Å². The van der Waals surface area contributed by atoms with Crippen molar-refractivity contribution in [2.45, 2.75) is 18.8 Å². The van der Waals surface area contributed by atoms with E-state index in [0.29, 0.717) is 17.4 Å². The predicted molar refractivity (Wildman–Crippen MR) is 64.3 cm³/mol. The Balaban J connectivity index is 2.39. The van der Waals surface area contributed by atoms with Crippen LogP contribution in [0.2, 0.25) is 0 Å². The minimum absolute atomic E-state index is 0.275. The summed E-state index contributed by atoms with van der Waals surface area (Å²) in [5.41, 5.74) is 0.900. The van der Waals surface area contributed by atoms with Gasteiger partial charge in [-0.3, -0.25) is 0 Å². The van der Waals surface area contributed by atoms with Crippen LogP contribution in [0.5, 0.6) is 11.5 Å². The first-order valence-electron chi connectivity index (χ1n) is 5.88. The second kappa shape index (κ2) is 5.36. The first-order valence-corrected chi connectivity index (χ1v) is 5.88. The number of ether oxygens (including phenoxy) is 2. The molecule has 0 radical (unpaired) electrons. The van der Waals surface area contributed by atoms with Crippen molar-refractivity contribution in [3.05, 3.63) is 23.5 Å². The summed E-state index contributed by atoms with van der Waals surface area (Å²) in [5, 5.41) is 3.32. The second-order valence-corrected chi connectivity index (χ2v) is 4.27. The van der Waals surface area contributed by atoms with E-state index in [4.69, 9.17) is 9.47 Å². The van der Waals surface area contributed by atoms with Crippen molar-refractivity contribution in [3.63, 3.8) is 0 Å². The van der Waals surface area contributed by atoms with Gasteiger partial charge in [-0.2, -0.15) is 0 Å². The molecule has 1 unspecified atom stereocenters. The number of hydrogen-bond donors (Lipinski definition) is 1. The van der Waals surface area contributed by atoms with Crippen LogP contribution in [0, 0.1) is 5.82 Å². The Morgan fingerprint density at radius 3 is 2.71 bits per heavy atom. The van der Waals surface area contributed by atoms with Crippen LogP contribution in [-0.4, -0.2) is 27.3 Å². The summed E-state index contributed by atoms with van der Waals surface area (Å²) in [5.74, 6) is 1.14. The maximum Gasteiger partial charge on any atom is 0.164 e. The average molecular weight is 239 g/mol. The van der Waals surface area contributed by atoms with Crippen LogP contribution in [-0.2, 0) is 0 Å². The molecule has 1 aromatic carbocycles. The summed E-state index contributed by atoms with van der Waals surface area (Å²) < 4.78 is 24.0. The zero-order chi connectivity index (χ0) is 12.3. The summed E-state index contributed by atoms with van der Waals surface area (Å²) in [6, 6.07) is 2.91. The van der Waals surface area contributed by atoms with E-state index >= 15 is 0 Å².